The summed E-state index contributed by atoms with van der Waals surface area (Å²) in [4.78, 5) is 0. The van der Waals surface area contributed by atoms with Gasteiger partial charge in [-0.1, -0.05) is 49.3 Å². The number of nitrogens with two attached hydrogens (primary N) is 1. The molecule has 1 aliphatic carbocycles. The monoisotopic (exact) mass is 235 g/mol. The van der Waals surface area contributed by atoms with Crippen molar-refractivity contribution < 1.29 is 4.74 Å². The van der Waals surface area contributed by atoms with E-state index in [9.17, 15) is 0 Å². The van der Waals surface area contributed by atoms with Crippen molar-refractivity contribution in [2.45, 2.75) is 51.2 Å². The van der Waals surface area contributed by atoms with E-state index < -0.39 is 0 Å². The van der Waals surface area contributed by atoms with E-state index in [0.717, 1.165) is 31.4 Å². The number of allylic oxidation sites excluding steroid dienone is 4. The Balaban J connectivity index is 2.16. The van der Waals surface area contributed by atoms with Gasteiger partial charge in [-0.05, 0) is 26.2 Å². The number of hydrogen-bond acceptors (Lipinski definition) is 2. The summed E-state index contributed by atoms with van der Waals surface area (Å²) in [7, 11) is 0. The van der Waals surface area contributed by atoms with Crippen LogP contribution in [0, 0.1) is 0 Å². The molecule has 0 radical (unpaired) electrons. The lowest BCUT2D eigenvalue weighted by atomic mass is 9.93. The minimum absolute atomic E-state index is 0.232. The van der Waals surface area contributed by atoms with E-state index in [2.05, 4.69) is 6.58 Å². The molecule has 0 aromatic carbocycles. The van der Waals surface area contributed by atoms with Crippen molar-refractivity contribution in [1.82, 2.24) is 0 Å². The SMILES string of the molecule is C=C(/C=C\C=C/C)CCO[C@H]1CCCC[C@H]1N. The van der Waals surface area contributed by atoms with E-state index in [1.54, 1.807) is 0 Å². The van der Waals surface area contributed by atoms with Crippen LogP contribution in [0.3, 0.4) is 0 Å². The van der Waals surface area contributed by atoms with E-state index in [4.69, 9.17) is 10.5 Å². The Bertz CT molecular complexity index is 281. The molecule has 2 nitrogen and oxygen atoms in total. The van der Waals surface area contributed by atoms with Crippen molar-refractivity contribution in [2.75, 3.05) is 6.61 Å². The van der Waals surface area contributed by atoms with Crippen molar-refractivity contribution in [2.24, 2.45) is 5.73 Å². The first-order valence-electron chi connectivity index (χ1n) is 6.58. The summed E-state index contributed by atoms with van der Waals surface area (Å²) in [5.74, 6) is 0. The van der Waals surface area contributed by atoms with Crippen LogP contribution in [0.15, 0.2) is 36.5 Å². The lowest BCUT2D eigenvalue weighted by Crippen LogP contribution is -2.39. The molecule has 96 valence electrons. The lowest BCUT2D eigenvalue weighted by molar-refractivity contribution is 0.0171. The van der Waals surface area contributed by atoms with Gasteiger partial charge >= 0.3 is 0 Å². The molecule has 0 aliphatic heterocycles. The van der Waals surface area contributed by atoms with Crippen molar-refractivity contribution in [3.63, 3.8) is 0 Å². The first-order chi connectivity index (χ1) is 8.24. The third-order valence-electron chi connectivity index (χ3n) is 3.14. The Kier molecular flexibility index (Phi) is 6.90. The summed E-state index contributed by atoms with van der Waals surface area (Å²) < 4.78 is 5.83. The fourth-order valence-electron chi connectivity index (χ4n) is 2.06. The maximum absolute atomic E-state index is 6.02. The third-order valence-corrected chi connectivity index (χ3v) is 3.14. The van der Waals surface area contributed by atoms with Gasteiger partial charge in [-0.15, -0.1) is 0 Å². The van der Waals surface area contributed by atoms with E-state index in [1.807, 2.05) is 31.2 Å². The highest BCUT2D eigenvalue weighted by molar-refractivity contribution is 5.18. The van der Waals surface area contributed by atoms with Crippen LogP contribution >= 0.6 is 0 Å². The Hall–Kier alpha value is -0.860. The van der Waals surface area contributed by atoms with Crippen molar-refractivity contribution >= 4 is 0 Å². The zero-order valence-electron chi connectivity index (χ0n) is 10.9. The summed E-state index contributed by atoms with van der Waals surface area (Å²) in [6.07, 6.45) is 13.9. The Morgan fingerprint density at radius 1 is 1.35 bits per heavy atom. The van der Waals surface area contributed by atoms with Crippen LogP contribution in [0.1, 0.15) is 39.0 Å². The smallest absolute Gasteiger partial charge is 0.0726 e. The molecule has 2 atom stereocenters. The highest BCUT2D eigenvalue weighted by Crippen LogP contribution is 2.20. The molecule has 1 fully saturated rings. The predicted octanol–water partition coefficient (Wildman–Crippen LogP) is 3.35. The Morgan fingerprint density at radius 3 is 2.82 bits per heavy atom. The second kappa shape index (κ2) is 8.26. The minimum Gasteiger partial charge on any atom is -0.376 e. The van der Waals surface area contributed by atoms with Crippen LogP contribution in [0.25, 0.3) is 0 Å². The van der Waals surface area contributed by atoms with Gasteiger partial charge in [0.05, 0.1) is 12.7 Å². The number of ether oxygens (including phenoxy) is 1. The molecule has 0 aromatic rings. The van der Waals surface area contributed by atoms with Crippen molar-refractivity contribution in [1.29, 1.82) is 0 Å². The largest absolute Gasteiger partial charge is 0.376 e. The van der Waals surface area contributed by atoms with Crippen LogP contribution in [0.2, 0.25) is 0 Å². The van der Waals surface area contributed by atoms with Gasteiger partial charge in [-0.3, -0.25) is 0 Å². The van der Waals surface area contributed by atoms with Gasteiger partial charge in [0, 0.05) is 6.04 Å². The standard InChI is InChI=1S/C15H25NO/c1-3-4-5-8-13(2)11-12-17-15-10-7-6-9-14(15)16/h3-5,8,14-15H,2,6-7,9-12,16H2,1H3/b4-3-,8-5-/t14-,15+/m1/s1. The van der Waals surface area contributed by atoms with Crippen LogP contribution < -0.4 is 5.73 Å². The zero-order valence-corrected chi connectivity index (χ0v) is 10.9. The van der Waals surface area contributed by atoms with Gasteiger partial charge in [-0.2, -0.15) is 0 Å². The fraction of sp³-hybridized carbons (Fsp3) is 0.600. The molecule has 1 saturated carbocycles. The molecule has 0 spiro atoms. The van der Waals surface area contributed by atoms with E-state index in [-0.39, 0.29) is 12.1 Å². The third kappa shape index (κ3) is 5.85. The molecule has 0 aromatic heterocycles. The quantitative estimate of drug-likeness (QED) is 0.717. The second-order valence-electron chi connectivity index (χ2n) is 4.65. The van der Waals surface area contributed by atoms with Gasteiger partial charge in [0.15, 0.2) is 0 Å². The Labute approximate surface area is 105 Å². The van der Waals surface area contributed by atoms with Gasteiger partial charge in [0.1, 0.15) is 0 Å². The summed E-state index contributed by atoms with van der Waals surface area (Å²) >= 11 is 0. The maximum Gasteiger partial charge on any atom is 0.0726 e. The van der Waals surface area contributed by atoms with E-state index in [1.165, 1.54) is 12.8 Å². The van der Waals surface area contributed by atoms with Gasteiger partial charge in [-0.25, -0.2) is 0 Å². The van der Waals surface area contributed by atoms with E-state index >= 15 is 0 Å². The molecule has 0 saturated heterocycles. The van der Waals surface area contributed by atoms with Gasteiger partial charge in [0.2, 0.25) is 0 Å². The first kappa shape index (κ1) is 14.2. The fourth-order valence-corrected chi connectivity index (χ4v) is 2.06. The molecular formula is C15H25NO. The van der Waals surface area contributed by atoms with Crippen LogP contribution in [0.4, 0.5) is 0 Å². The minimum atomic E-state index is 0.232. The molecule has 17 heavy (non-hydrogen) atoms. The molecule has 0 amide bonds. The highest BCUT2D eigenvalue weighted by atomic mass is 16.5. The van der Waals surface area contributed by atoms with Gasteiger partial charge in [0.25, 0.3) is 0 Å². The van der Waals surface area contributed by atoms with Crippen LogP contribution in [-0.4, -0.2) is 18.8 Å². The van der Waals surface area contributed by atoms with Crippen molar-refractivity contribution in [3.8, 4) is 0 Å². The molecule has 0 unspecified atom stereocenters. The molecule has 2 N–H and O–H groups in total. The zero-order chi connectivity index (χ0) is 12.5. The number of rotatable bonds is 6. The lowest BCUT2D eigenvalue weighted by Gasteiger charge is -2.28. The summed E-state index contributed by atoms with van der Waals surface area (Å²) in [5, 5.41) is 0. The topological polar surface area (TPSA) is 35.2 Å². The van der Waals surface area contributed by atoms with Crippen LogP contribution in [-0.2, 0) is 4.74 Å². The van der Waals surface area contributed by atoms with Crippen LogP contribution in [0.5, 0.6) is 0 Å². The van der Waals surface area contributed by atoms with E-state index in [0.29, 0.717) is 0 Å². The summed E-state index contributed by atoms with van der Waals surface area (Å²) in [6.45, 7) is 6.73. The highest BCUT2D eigenvalue weighted by Gasteiger charge is 2.21. The summed E-state index contributed by atoms with van der Waals surface area (Å²) in [5.41, 5.74) is 7.13. The summed E-state index contributed by atoms with van der Waals surface area (Å²) in [6, 6.07) is 0.232. The van der Waals surface area contributed by atoms with Gasteiger partial charge < -0.3 is 10.5 Å². The molecule has 2 heteroatoms. The first-order valence-corrected chi connectivity index (χ1v) is 6.58. The maximum atomic E-state index is 6.02. The molecule has 0 bridgehead atoms. The molecular weight excluding hydrogens is 210 g/mol. The van der Waals surface area contributed by atoms with Crippen molar-refractivity contribution in [3.05, 3.63) is 36.5 Å². The average Bonchev–Trinajstić information content (AvgIpc) is 2.32. The molecule has 1 aliphatic rings. The molecule has 1 rings (SSSR count). The number of hydrogen-bond donors (Lipinski definition) is 1. The average molecular weight is 235 g/mol. The predicted molar refractivity (Wildman–Crippen MR) is 73.9 cm³/mol. The second-order valence-corrected chi connectivity index (χ2v) is 4.65. The normalized spacial score (nSPS) is 25.8. The molecule has 0 heterocycles. The Morgan fingerprint density at radius 2 is 2.12 bits per heavy atom.